The molecule has 0 aliphatic rings. The molecule has 0 saturated carbocycles. The van der Waals surface area contributed by atoms with E-state index in [1.807, 2.05) is 0 Å². The van der Waals surface area contributed by atoms with Gasteiger partial charge >= 0.3 is 35.5 Å². The Bertz CT molecular complexity index is 555. The van der Waals surface area contributed by atoms with E-state index in [4.69, 9.17) is 4.74 Å². The molecule has 7 nitrogen and oxygen atoms in total. The summed E-state index contributed by atoms with van der Waals surface area (Å²) in [6.07, 6.45) is 9.36. The molecule has 0 aliphatic heterocycles. The third-order valence-corrected chi connectivity index (χ3v) is 3.32. The fraction of sp³-hybridized carbons (Fsp3) is 0.474. The van der Waals surface area contributed by atoms with Crippen molar-refractivity contribution in [1.82, 2.24) is 4.90 Å². The van der Waals surface area contributed by atoms with E-state index in [2.05, 4.69) is 0 Å². The van der Waals surface area contributed by atoms with Gasteiger partial charge in [-0.15, -0.1) is 0 Å². The summed E-state index contributed by atoms with van der Waals surface area (Å²) in [6.45, 7) is 5.18. The number of ether oxygens (including phenoxy) is 1. The minimum absolute atomic E-state index is 0. The number of amides is 2. The van der Waals surface area contributed by atoms with Crippen molar-refractivity contribution >= 4 is 23.8 Å². The first-order valence-corrected chi connectivity index (χ1v) is 8.47. The van der Waals surface area contributed by atoms with Crippen LogP contribution < -0.4 is 34.7 Å². The number of rotatable bonds is 11. The number of carbonyl (C=O) groups is 4. The zero-order valence-electron chi connectivity index (χ0n) is 16.5. The third kappa shape index (κ3) is 11.6. The Hall–Kier alpha value is -1.70. The van der Waals surface area contributed by atoms with E-state index < -0.39 is 36.2 Å². The Morgan fingerprint density at radius 1 is 0.926 bits per heavy atom. The molecule has 0 aromatic carbocycles. The molecule has 144 valence electrons. The van der Waals surface area contributed by atoms with Crippen molar-refractivity contribution < 1.29 is 58.6 Å². The Kier molecular flexibility index (Phi) is 16.8. The predicted octanol–water partition coefficient (Wildman–Crippen LogP) is -1.36. The van der Waals surface area contributed by atoms with Gasteiger partial charge in [-0.1, -0.05) is 30.4 Å². The van der Waals surface area contributed by atoms with Gasteiger partial charge in [0, 0.05) is 25.2 Å². The number of carboxylic acid groups (broad SMARTS) is 1. The molecule has 0 N–H and O–H groups in total. The maximum absolute atomic E-state index is 12.5. The van der Waals surface area contributed by atoms with Gasteiger partial charge in [0.1, 0.15) is 6.04 Å². The Morgan fingerprint density at radius 2 is 1.41 bits per heavy atom. The van der Waals surface area contributed by atoms with Crippen molar-refractivity contribution in [2.45, 2.75) is 58.9 Å². The number of hydrogen-bond acceptors (Lipinski definition) is 6. The number of nitrogens with zero attached hydrogens (tertiary/aromatic N) is 1. The van der Waals surface area contributed by atoms with E-state index in [1.54, 1.807) is 45.1 Å². The Labute approximate surface area is 182 Å². The molecule has 0 aliphatic carbocycles. The van der Waals surface area contributed by atoms with Crippen LogP contribution in [-0.4, -0.2) is 34.7 Å². The van der Waals surface area contributed by atoms with Gasteiger partial charge in [-0.05, 0) is 33.6 Å². The molecule has 0 aromatic heterocycles. The summed E-state index contributed by atoms with van der Waals surface area (Å²) in [4.78, 5) is 49.0. The molecule has 0 fully saturated rings. The van der Waals surface area contributed by atoms with Crippen molar-refractivity contribution in [3.8, 4) is 0 Å². The van der Waals surface area contributed by atoms with E-state index in [1.165, 1.54) is 6.08 Å². The molecule has 1 atom stereocenters. The summed E-state index contributed by atoms with van der Waals surface area (Å²) >= 11 is 0. The molecule has 8 heteroatoms. The second kappa shape index (κ2) is 16.5. The van der Waals surface area contributed by atoms with Crippen LogP contribution in [0.5, 0.6) is 0 Å². The molecule has 0 spiro atoms. The molecular weight excluding hydrogens is 361 g/mol. The number of allylic oxidation sites excluding steroid dienone is 5. The summed E-state index contributed by atoms with van der Waals surface area (Å²) in [6, 6.07) is -1.56. The third-order valence-electron chi connectivity index (χ3n) is 3.32. The predicted molar refractivity (Wildman–Crippen MR) is 94.3 cm³/mol. The standard InChI is InChI=1S/C19H27NO6.Na/c1-4-7-9-11-16(21)20(17(22)12-10-8-5-2)15(14-18(23)24)19(25)26-13-6-3;/h4-8,13,15H,9-12,14H2,1-3H3,(H,23,24);/q;+1/p-1/b7-4+,8-5+,13-6+;. The van der Waals surface area contributed by atoms with Crippen LogP contribution >= 0.6 is 0 Å². The van der Waals surface area contributed by atoms with Gasteiger partial charge in [-0.25, -0.2) is 4.79 Å². The zero-order chi connectivity index (χ0) is 19.9. The maximum Gasteiger partial charge on any atom is 1.00 e. The summed E-state index contributed by atoms with van der Waals surface area (Å²) in [7, 11) is 0. The monoisotopic (exact) mass is 387 g/mol. The second-order valence-electron chi connectivity index (χ2n) is 5.37. The number of aliphatic carboxylic acids is 1. The van der Waals surface area contributed by atoms with E-state index in [-0.39, 0.29) is 42.4 Å². The van der Waals surface area contributed by atoms with Crippen LogP contribution in [0.3, 0.4) is 0 Å². The molecule has 0 heterocycles. The van der Waals surface area contributed by atoms with E-state index in [0.29, 0.717) is 17.7 Å². The van der Waals surface area contributed by atoms with Crippen LogP contribution in [-0.2, 0) is 23.9 Å². The molecule has 0 saturated heterocycles. The van der Waals surface area contributed by atoms with Gasteiger partial charge in [-0.3, -0.25) is 14.5 Å². The first kappa shape index (κ1) is 27.5. The average Bonchev–Trinajstić information content (AvgIpc) is 2.59. The summed E-state index contributed by atoms with van der Waals surface area (Å²) in [5.74, 6) is -3.81. The number of hydrogen-bond donors (Lipinski definition) is 0. The van der Waals surface area contributed by atoms with Gasteiger partial charge in [0.25, 0.3) is 0 Å². The fourth-order valence-corrected chi connectivity index (χ4v) is 2.13. The van der Waals surface area contributed by atoms with Gasteiger partial charge in [0.15, 0.2) is 0 Å². The molecule has 1 unspecified atom stereocenters. The maximum atomic E-state index is 12.5. The van der Waals surface area contributed by atoms with E-state index in [0.717, 1.165) is 6.26 Å². The van der Waals surface area contributed by atoms with E-state index in [9.17, 15) is 24.3 Å². The van der Waals surface area contributed by atoms with Crippen LogP contribution in [0.2, 0.25) is 0 Å². The van der Waals surface area contributed by atoms with Crippen LogP contribution in [0, 0.1) is 0 Å². The van der Waals surface area contributed by atoms with Gasteiger partial charge in [0.05, 0.1) is 6.26 Å². The zero-order valence-corrected chi connectivity index (χ0v) is 18.5. The minimum Gasteiger partial charge on any atom is -0.550 e. The molecular formula is C19H26NNaO6. The first-order valence-electron chi connectivity index (χ1n) is 8.47. The molecule has 0 radical (unpaired) electrons. The van der Waals surface area contributed by atoms with Crippen molar-refractivity contribution in [1.29, 1.82) is 0 Å². The van der Waals surface area contributed by atoms with Crippen LogP contribution in [0.15, 0.2) is 36.6 Å². The van der Waals surface area contributed by atoms with E-state index >= 15 is 0 Å². The quantitative estimate of drug-likeness (QED) is 0.188. The number of esters is 1. The smallest absolute Gasteiger partial charge is 0.550 e. The van der Waals surface area contributed by atoms with Gasteiger partial charge < -0.3 is 14.6 Å². The van der Waals surface area contributed by atoms with Crippen LogP contribution in [0.1, 0.15) is 52.9 Å². The van der Waals surface area contributed by atoms with Crippen LogP contribution in [0.4, 0.5) is 0 Å². The fourth-order valence-electron chi connectivity index (χ4n) is 2.13. The number of carbonyl (C=O) groups excluding carboxylic acids is 4. The summed E-state index contributed by atoms with van der Waals surface area (Å²) < 4.78 is 4.80. The minimum atomic E-state index is -1.56. The van der Waals surface area contributed by atoms with Gasteiger partial charge in [0.2, 0.25) is 11.8 Å². The first-order chi connectivity index (χ1) is 12.4. The number of carboxylic acids is 1. The molecule has 0 bridgehead atoms. The van der Waals surface area contributed by atoms with Crippen molar-refractivity contribution in [3.63, 3.8) is 0 Å². The Morgan fingerprint density at radius 3 is 1.78 bits per heavy atom. The topological polar surface area (TPSA) is 104 Å². The average molecular weight is 387 g/mol. The van der Waals surface area contributed by atoms with Crippen molar-refractivity contribution in [2.75, 3.05) is 0 Å². The SMILES string of the molecule is C/C=C/CCC(=O)N(C(=O)CC/C=C/C)C(CC(=O)[O-])C(=O)O/C=C/C.[Na+]. The van der Waals surface area contributed by atoms with Crippen molar-refractivity contribution in [2.24, 2.45) is 0 Å². The van der Waals surface area contributed by atoms with Gasteiger partial charge in [-0.2, -0.15) is 0 Å². The largest absolute Gasteiger partial charge is 1.00 e. The van der Waals surface area contributed by atoms with Crippen molar-refractivity contribution in [3.05, 3.63) is 36.6 Å². The molecule has 0 rings (SSSR count). The summed E-state index contributed by atoms with van der Waals surface area (Å²) in [5, 5.41) is 11.0. The Balaban J connectivity index is 0. The summed E-state index contributed by atoms with van der Waals surface area (Å²) in [5.41, 5.74) is 0. The number of imide groups is 1. The molecule has 27 heavy (non-hydrogen) atoms. The van der Waals surface area contributed by atoms with Crippen LogP contribution in [0.25, 0.3) is 0 Å². The normalized spacial score (nSPS) is 12.1. The second-order valence-corrected chi connectivity index (χ2v) is 5.37. The molecule has 2 amide bonds. The molecule has 0 aromatic rings.